The minimum absolute atomic E-state index is 0.0718. The van der Waals surface area contributed by atoms with Crippen LogP contribution in [0, 0.1) is 6.92 Å². The van der Waals surface area contributed by atoms with E-state index in [9.17, 15) is 9.59 Å². The maximum Gasteiger partial charge on any atom is 0.253 e. The van der Waals surface area contributed by atoms with Crippen LogP contribution < -0.4 is 10.1 Å². The molecule has 0 aromatic heterocycles. The smallest absolute Gasteiger partial charge is 0.253 e. The van der Waals surface area contributed by atoms with Crippen molar-refractivity contribution in [2.24, 2.45) is 0 Å². The molecule has 0 unspecified atom stereocenters. The van der Waals surface area contributed by atoms with Gasteiger partial charge in [0.05, 0.1) is 6.61 Å². The van der Waals surface area contributed by atoms with Crippen LogP contribution in [-0.4, -0.2) is 37.4 Å². The zero-order chi connectivity index (χ0) is 19.1. The van der Waals surface area contributed by atoms with Gasteiger partial charge in [-0.1, -0.05) is 11.6 Å². The Labute approximate surface area is 158 Å². The predicted molar refractivity (Wildman–Crippen MR) is 104 cm³/mol. The molecule has 0 spiro atoms. The van der Waals surface area contributed by atoms with Gasteiger partial charge in [0.25, 0.3) is 5.91 Å². The first-order valence-corrected chi connectivity index (χ1v) is 8.75. The molecule has 2 aromatic carbocycles. The standard InChI is InChI=1S/C20H23ClN2O3/c1-14-13-17(10-11-18(14)21)26-12-4-5-19(24)22-16-8-6-15(7-9-16)20(25)23(2)3/h6-11,13H,4-5,12H2,1-3H3,(H,22,24). The highest BCUT2D eigenvalue weighted by atomic mass is 35.5. The zero-order valence-electron chi connectivity index (χ0n) is 15.2. The van der Waals surface area contributed by atoms with Crippen LogP contribution in [0.4, 0.5) is 5.69 Å². The van der Waals surface area contributed by atoms with E-state index in [0.29, 0.717) is 35.7 Å². The summed E-state index contributed by atoms with van der Waals surface area (Å²) >= 11 is 5.97. The van der Waals surface area contributed by atoms with Crippen molar-refractivity contribution in [3.8, 4) is 5.75 Å². The number of hydrogen-bond donors (Lipinski definition) is 1. The fraction of sp³-hybridized carbons (Fsp3) is 0.300. The van der Waals surface area contributed by atoms with Gasteiger partial charge in [0.2, 0.25) is 5.91 Å². The lowest BCUT2D eigenvalue weighted by Crippen LogP contribution is -2.21. The summed E-state index contributed by atoms with van der Waals surface area (Å²) in [5, 5.41) is 3.52. The largest absolute Gasteiger partial charge is 0.494 e. The van der Waals surface area contributed by atoms with E-state index < -0.39 is 0 Å². The molecule has 0 atom stereocenters. The first-order valence-electron chi connectivity index (χ1n) is 8.37. The summed E-state index contributed by atoms with van der Waals surface area (Å²) in [7, 11) is 3.40. The van der Waals surface area contributed by atoms with E-state index >= 15 is 0 Å². The number of halogens is 1. The number of aryl methyl sites for hydroxylation is 1. The van der Waals surface area contributed by atoms with Crippen molar-refractivity contribution in [1.82, 2.24) is 4.90 Å². The quantitative estimate of drug-likeness (QED) is 0.741. The van der Waals surface area contributed by atoms with Crippen LogP contribution >= 0.6 is 11.6 Å². The van der Waals surface area contributed by atoms with Crippen molar-refractivity contribution in [2.75, 3.05) is 26.0 Å². The van der Waals surface area contributed by atoms with Gasteiger partial charge in [-0.2, -0.15) is 0 Å². The number of benzene rings is 2. The third-order valence-electron chi connectivity index (χ3n) is 3.77. The molecular weight excluding hydrogens is 352 g/mol. The van der Waals surface area contributed by atoms with E-state index in [1.165, 1.54) is 4.90 Å². The summed E-state index contributed by atoms with van der Waals surface area (Å²) in [4.78, 5) is 25.3. The van der Waals surface area contributed by atoms with Gasteiger partial charge in [-0.05, 0) is 61.4 Å². The van der Waals surface area contributed by atoms with Crippen LogP contribution in [0.3, 0.4) is 0 Å². The van der Waals surface area contributed by atoms with E-state index in [1.54, 1.807) is 44.4 Å². The van der Waals surface area contributed by atoms with Gasteiger partial charge in [-0.15, -0.1) is 0 Å². The number of amides is 2. The van der Waals surface area contributed by atoms with Crippen molar-refractivity contribution in [2.45, 2.75) is 19.8 Å². The lowest BCUT2D eigenvalue weighted by Gasteiger charge is -2.11. The number of carbonyl (C=O) groups is 2. The highest BCUT2D eigenvalue weighted by molar-refractivity contribution is 6.31. The summed E-state index contributed by atoms with van der Waals surface area (Å²) in [6, 6.07) is 12.3. The van der Waals surface area contributed by atoms with E-state index in [0.717, 1.165) is 11.3 Å². The maximum atomic E-state index is 12.0. The van der Waals surface area contributed by atoms with E-state index in [4.69, 9.17) is 16.3 Å². The number of hydrogen-bond acceptors (Lipinski definition) is 3. The highest BCUT2D eigenvalue weighted by Crippen LogP contribution is 2.21. The van der Waals surface area contributed by atoms with Crippen molar-refractivity contribution < 1.29 is 14.3 Å². The number of carbonyl (C=O) groups excluding carboxylic acids is 2. The molecule has 0 heterocycles. The Bertz CT molecular complexity index is 773. The van der Waals surface area contributed by atoms with Crippen molar-refractivity contribution in [3.63, 3.8) is 0 Å². The second-order valence-corrected chi connectivity index (χ2v) is 6.60. The molecule has 0 bridgehead atoms. The fourth-order valence-corrected chi connectivity index (χ4v) is 2.43. The molecule has 2 aromatic rings. The Balaban J connectivity index is 1.74. The fourth-order valence-electron chi connectivity index (χ4n) is 2.31. The number of nitrogens with zero attached hydrogens (tertiary/aromatic N) is 1. The van der Waals surface area contributed by atoms with E-state index in [-0.39, 0.29) is 11.8 Å². The Morgan fingerprint density at radius 3 is 2.42 bits per heavy atom. The van der Waals surface area contributed by atoms with E-state index in [2.05, 4.69) is 5.32 Å². The van der Waals surface area contributed by atoms with E-state index in [1.807, 2.05) is 19.1 Å². The predicted octanol–water partition coefficient (Wildman–Crippen LogP) is 4.15. The summed E-state index contributed by atoms with van der Waals surface area (Å²) < 4.78 is 5.63. The summed E-state index contributed by atoms with van der Waals surface area (Å²) in [6.07, 6.45) is 0.954. The van der Waals surface area contributed by atoms with Crippen LogP contribution in [0.25, 0.3) is 0 Å². The molecule has 2 amide bonds. The molecule has 5 nitrogen and oxygen atoms in total. The lowest BCUT2D eigenvalue weighted by atomic mass is 10.2. The molecule has 0 saturated carbocycles. The first kappa shape index (κ1) is 19.8. The molecule has 0 aliphatic rings. The molecular formula is C20H23ClN2O3. The molecule has 0 aliphatic heterocycles. The van der Waals surface area contributed by atoms with Crippen molar-refractivity contribution >= 4 is 29.1 Å². The maximum absolute atomic E-state index is 12.0. The third kappa shape index (κ3) is 5.77. The monoisotopic (exact) mass is 374 g/mol. The summed E-state index contributed by atoms with van der Waals surface area (Å²) in [6.45, 7) is 2.37. The first-order chi connectivity index (χ1) is 12.4. The summed E-state index contributed by atoms with van der Waals surface area (Å²) in [5.41, 5.74) is 2.21. The minimum atomic E-state index is -0.0902. The molecule has 6 heteroatoms. The van der Waals surface area contributed by atoms with Gasteiger partial charge in [0, 0.05) is 36.8 Å². The molecule has 0 aliphatic carbocycles. The van der Waals surface area contributed by atoms with Crippen molar-refractivity contribution in [1.29, 1.82) is 0 Å². The van der Waals surface area contributed by atoms with Gasteiger partial charge < -0.3 is 15.0 Å². The zero-order valence-corrected chi connectivity index (χ0v) is 16.0. The van der Waals surface area contributed by atoms with Gasteiger partial charge >= 0.3 is 0 Å². The van der Waals surface area contributed by atoms with Crippen LogP contribution in [-0.2, 0) is 4.79 Å². The summed E-state index contributed by atoms with van der Waals surface area (Å²) in [5.74, 6) is 0.582. The van der Waals surface area contributed by atoms with Gasteiger partial charge in [-0.25, -0.2) is 0 Å². The topological polar surface area (TPSA) is 58.6 Å². The third-order valence-corrected chi connectivity index (χ3v) is 4.19. The van der Waals surface area contributed by atoms with Gasteiger partial charge in [-0.3, -0.25) is 9.59 Å². The number of rotatable bonds is 7. The second-order valence-electron chi connectivity index (χ2n) is 6.19. The molecule has 0 radical (unpaired) electrons. The molecule has 0 fully saturated rings. The van der Waals surface area contributed by atoms with Crippen LogP contribution in [0.1, 0.15) is 28.8 Å². The lowest BCUT2D eigenvalue weighted by molar-refractivity contribution is -0.116. The van der Waals surface area contributed by atoms with Gasteiger partial charge in [0.15, 0.2) is 0 Å². The van der Waals surface area contributed by atoms with Crippen LogP contribution in [0.15, 0.2) is 42.5 Å². The number of anilines is 1. The second kappa shape index (κ2) is 9.25. The molecule has 0 saturated heterocycles. The molecule has 2 rings (SSSR count). The Morgan fingerprint density at radius 2 is 1.81 bits per heavy atom. The number of ether oxygens (including phenoxy) is 1. The van der Waals surface area contributed by atoms with Crippen LogP contribution in [0.2, 0.25) is 5.02 Å². The SMILES string of the molecule is Cc1cc(OCCCC(=O)Nc2ccc(C(=O)N(C)C)cc2)ccc1Cl. The molecule has 138 valence electrons. The Hall–Kier alpha value is -2.53. The number of nitrogens with one attached hydrogen (secondary N) is 1. The minimum Gasteiger partial charge on any atom is -0.494 e. The van der Waals surface area contributed by atoms with Gasteiger partial charge in [0.1, 0.15) is 5.75 Å². The normalized spacial score (nSPS) is 10.3. The highest BCUT2D eigenvalue weighted by Gasteiger charge is 2.08. The average Bonchev–Trinajstić information content (AvgIpc) is 2.61. The Morgan fingerprint density at radius 1 is 1.12 bits per heavy atom. The van der Waals surface area contributed by atoms with Crippen molar-refractivity contribution in [3.05, 3.63) is 58.6 Å². The molecule has 1 N–H and O–H groups in total. The Kier molecular flexibility index (Phi) is 7.04. The average molecular weight is 375 g/mol. The van der Waals surface area contributed by atoms with Crippen LogP contribution in [0.5, 0.6) is 5.75 Å². The molecule has 26 heavy (non-hydrogen) atoms.